The molecule has 1 aliphatic carbocycles. The molecule has 0 bridgehead atoms. The Balaban J connectivity index is 1.91. The normalized spacial score (nSPS) is 24.4. The predicted octanol–water partition coefficient (Wildman–Crippen LogP) is 2.01. The topological polar surface area (TPSA) is 52.7 Å². The second-order valence-corrected chi connectivity index (χ2v) is 7.41. The number of rotatable bonds is 7. The highest BCUT2D eigenvalue weighted by Crippen LogP contribution is 2.31. The van der Waals surface area contributed by atoms with Crippen molar-refractivity contribution in [2.24, 2.45) is 5.92 Å². The molecule has 1 aliphatic heterocycles. The van der Waals surface area contributed by atoms with Crippen molar-refractivity contribution in [2.75, 3.05) is 19.6 Å². The lowest BCUT2D eigenvalue weighted by molar-refractivity contribution is -0.135. The highest BCUT2D eigenvalue weighted by molar-refractivity contribution is 5.79. The molecule has 0 radical (unpaired) electrons. The van der Waals surface area contributed by atoms with Gasteiger partial charge in [0.15, 0.2) is 0 Å². The zero-order valence-electron chi connectivity index (χ0n) is 15.2. The van der Waals surface area contributed by atoms with Gasteiger partial charge in [0.1, 0.15) is 0 Å². The predicted molar refractivity (Wildman–Crippen MR) is 92.1 cm³/mol. The lowest BCUT2D eigenvalue weighted by Gasteiger charge is -2.37. The Morgan fingerprint density at radius 3 is 2.52 bits per heavy atom. The molecule has 2 aliphatic rings. The first-order chi connectivity index (χ1) is 10.9. The van der Waals surface area contributed by atoms with Crippen LogP contribution in [0.4, 0.5) is 0 Å². The number of likely N-dealkylation sites (tertiary alicyclic amines) is 1. The summed E-state index contributed by atoms with van der Waals surface area (Å²) < 4.78 is 0. The molecular weight excluding hydrogens is 290 g/mol. The molecule has 2 fully saturated rings. The van der Waals surface area contributed by atoms with Crippen molar-refractivity contribution >= 4 is 11.8 Å². The van der Waals surface area contributed by atoms with E-state index < -0.39 is 0 Å². The van der Waals surface area contributed by atoms with E-state index in [2.05, 4.69) is 31.0 Å². The van der Waals surface area contributed by atoms with E-state index in [-0.39, 0.29) is 17.9 Å². The van der Waals surface area contributed by atoms with E-state index in [4.69, 9.17) is 0 Å². The number of nitrogens with zero attached hydrogens (tertiary/aromatic N) is 2. The van der Waals surface area contributed by atoms with E-state index in [0.717, 1.165) is 25.8 Å². The molecule has 1 heterocycles. The summed E-state index contributed by atoms with van der Waals surface area (Å²) in [4.78, 5) is 28.4. The van der Waals surface area contributed by atoms with Crippen molar-refractivity contribution in [3.05, 3.63) is 0 Å². The third-order valence-electron chi connectivity index (χ3n) is 5.51. The summed E-state index contributed by atoms with van der Waals surface area (Å²) in [5.74, 6) is 0.827. The average molecular weight is 323 g/mol. The van der Waals surface area contributed by atoms with E-state index in [1.807, 2.05) is 4.90 Å². The van der Waals surface area contributed by atoms with E-state index in [1.54, 1.807) is 6.92 Å². The number of amides is 2. The molecule has 0 unspecified atom stereocenters. The summed E-state index contributed by atoms with van der Waals surface area (Å²) in [7, 11) is 0. The van der Waals surface area contributed by atoms with Crippen LogP contribution in [0.25, 0.3) is 0 Å². The molecule has 2 amide bonds. The molecule has 0 aromatic heterocycles. The van der Waals surface area contributed by atoms with Crippen LogP contribution in [0.5, 0.6) is 0 Å². The molecule has 3 atom stereocenters. The Labute approximate surface area is 140 Å². The van der Waals surface area contributed by atoms with Crippen LogP contribution in [0, 0.1) is 5.92 Å². The monoisotopic (exact) mass is 323 g/mol. The molecule has 1 N–H and O–H groups in total. The van der Waals surface area contributed by atoms with Gasteiger partial charge in [-0.1, -0.05) is 20.3 Å². The van der Waals surface area contributed by atoms with Gasteiger partial charge in [-0.25, -0.2) is 0 Å². The fourth-order valence-corrected chi connectivity index (χ4v) is 3.54. The quantitative estimate of drug-likeness (QED) is 0.780. The molecular formula is C18H33N3O2. The first kappa shape index (κ1) is 18.2. The average Bonchev–Trinajstić information content (AvgIpc) is 3.35. The van der Waals surface area contributed by atoms with Gasteiger partial charge in [0, 0.05) is 38.1 Å². The van der Waals surface area contributed by atoms with Gasteiger partial charge >= 0.3 is 0 Å². The lowest BCUT2D eigenvalue weighted by atomic mass is 9.99. The van der Waals surface area contributed by atoms with Crippen molar-refractivity contribution in [3.8, 4) is 0 Å². The Morgan fingerprint density at radius 1 is 1.26 bits per heavy atom. The minimum Gasteiger partial charge on any atom is -0.352 e. The fourth-order valence-electron chi connectivity index (χ4n) is 3.54. The SMILES string of the molecule is CC[C@H](C)[C@H](C)N(CC(=O)N1CCC[C@@H](NC(C)=O)C1)C1CC1. The Bertz CT molecular complexity index is 422. The van der Waals surface area contributed by atoms with Crippen LogP contribution in [0.15, 0.2) is 0 Å². The van der Waals surface area contributed by atoms with Crippen LogP contribution in [-0.4, -0.2) is 59.4 Å². The van der Waals surface area contributed by atoms with Gasteiger partial charge in [0.05, 0.1) is 6.54 Å². The van der Waals surface area contributed by atoms with Gasteiger partial charge in [-0.3, -0.25) is 14.5 Å². The molecule has 23 heavy (non-hydrogen) atoms. The first-order valence-corrected chi connectivity index (χ1v) is 9.23. The number of carbonyl (C=O) groups is 2. The highest BCUT2D eigenvalue weighted by atomic mass is 16.2. The van der Waals surface area contributed by atoms with Crippen molar-refractivity contribution in [1.82, 2.24) is 15.1 Å². The van der Waals surface area contributed by atoms with E-state index >= 15 is 0 Å². The first-order valence-electron chi connectivity index (χ1n) is 9.23. The smallest absolute Gasteiger partial charge is 0.236 e. The molecule has 0 aromatic carbocycles. The van der Waals surface area contributed by atoms with Crippen LogP contribution >= 0.6 is 0 Å². The maximum absolute atomic E-state index is 12.8. The van der Waals surface area contributed by atoms with Crippen molar-refractivity contribution in [2.45, 2.75) is 77.9 Å². The number of piperidine rings is 1. The highest BCUT2D eigenvalue weighted by Gasteiger charge is 2.36. The Kier molecular flexibility index (Phi) is 6.45. The van der Waals surface area contributed by atoms with Gasteiger partial charge in [-0.2, -0.15) is 0 Å². The number of nitrogens with one attached hydrogen (secondary N) is 1. The molecule has 1 saturated carbocycles. The molecule has 0 spiro atoms. The van der Waals surface area contributed by atoms with Crippen molar-refractivity contribution in [1.29, 1.82) is 0 Å². The van der Waals surface area contributed by atoms with Gasteiger partial charge < -0.3 is 10.2 Å². The second-order valence-electron chi connectivity index (χ2n) is 7.41. The van der Waals surface area contributed by atoms with Crippen molar-refractivity contribution in [3.63, 3.8) is 0 Å². The zero-order chi connectivity index (χ0) is 17.0. The van der Waals surface area contributed by atoms with Crippen LogP contribution < -0.4 is 5.32 Å². The van der Waals surface area contributed by atoms with Gasteiger partial charge in [-0.15, -0.1) is 0 Å². The van der Waals surface area contributed by atoms with Crippen LogP contribution in [0.3, 0.4) is 0 Å². The van der Waals surface area contributed by atoms with Gasteiger partial charge in [0.2, 0.25) is 11.8 Å². The summed E-state index contributed by atoms with van der Waals surface area (Å²) in [6, 6.07) is 1.16. The molecule has 132 valence electrons. The summed E-state index contributed by atoms with van der Waals surface area (Å²) in [5, 5.41) is 2.96. The molecule has 5 nitrogen and oxygen atoms in total. The number of hydrogen-bond donors (Lipinski definition) is 1. The fraction of sp³-hybridized carbons (Fsp3) is 0.889. The Hall–Kier alpha value is -1.10. The molecule has 2 rings (SSSR count). The third-order valence-corrected chi connectivity index (χ3v) is 5.51. The van der Waals surface area contributed by atoms with E-state index in [1.165, 1.54) is 12.8 Å². The summed E-state index contributed by atoms with van der Waals surface area (Å²) >= 11 is 0. The Morgan fingerprint density at radius 2 is 1.96 bits per heavy atom. The number of carbonyl (C=O) groups excluding carboxylic acids is 2. The van der Waals surface area contributed by atoms with Crippen molar-refractivity contribution < 1.29 is 9.59 Å². The van der Waals surface area contributed by atoms with Gasteiger partial charge in [0.25, 0.3) is 0 Å². The third kappa shape index (κ3) is 5.20. The molecule has 5 heteroatoms. The summed E-state index contributed by atoms with van der Waals surface area (Å²) in [6.45, 7) is 10.3. The summed E-state index contributed by atoms with van der Waals surface area (Å²) in [5.41, 5.74) is 0. The largest absolute Gasteiger partial charge is 0.352 e. The maximum Gasteiger partial charge on any atom is 0.236 e. The minimum absolute atomic E-state index is 0.00528. The van der Waals surface area contributed by atoms with Crippen LogP contribution in [-0.2, 0) is 9.59 Å². The standard InChI is InChI=1S/C18H33N3O2/c1-5-13(2)14(3)21(17-8-9-17)12-18(23)20-10-6-7-16(11-20)19-15(4)22/h13-14,16-17H,5-12H2,1-4H3,(H,19,22)/t13-,14-,16+/m0/s1. The summed E-state index contributed by atoms with van der Waals surface area (Å²) in [6.07, 6.45) is 5.54. The maximum atomic E-state index is 12.8. The van der Waals surface area contributed by atoms with Crippen LogP contribution in [0.2, 0.25) is 0 Å². The lowest BCUT2D eigenvalue weighted by Crippen LogP contribution is -2.53. The second kappa shape index (κ2) is 8.13. The van der Waals surface area contributed by atoms with Gasteiger partial charge in [-0.05, 0) is 38.5 Å². The number of hydrogen-bond acceptors (Lipinski definition) is 3. The van der Waals surface area contributed by atoms with E-state index in [0.29, 0.717) is 31.1 Å². The minimum atomic E-state index is -0.00528. The van der Waals surface area contributed by atoms with E-state index in [9.17, 15) is 9.59 Å². The van der Waals surface area contributed by atoms with Crippen LogP contribution in [0.1, 0.15) is 59.8 Å². The molecule has 0 aromatic rings. The zero-order valence-corrected chi connectivity index (χ0v) is 15.2. The molecule has 1 saturated heterocycles.